The molecule has 0 aromatic rings. The first kappa shape index (κ1) is 11.6. The van der Waals surface area contributed by atoms with Crippen LogP contribution in [-0.2, 0) is 0 Å². The van der Waals surface area contributed by atoms with Crippen LogP contribution in [0.15, 0.2) is 0 Å². The Kier molecular flexibility index (Phi) is 5.60. The van der Waals surface area contributed by atoms with Crippen molar-refractivity contribution in [3.05, 3.63) is 0 Å². The second-order valence-corrected chi connectivity index (χ2v) is 9.69. The highest BCUT2D eigenvalue weighted by atomic mass is 33.2. The van der Waals surface area contributed by atoms with Crippen LogP contribution in [-0.4, -0.2) is 50.9 Å². The molecule has 0 spiro atoms. The van der Waals surface area contributed by atoms with Crippen molar-refractivity contribution in [1.82, 2.24) is 9.62 Å². The van der Waals surface area contributed by atoms with Gasteiger partial charge in [0.2, 0.25) is 0 Å². The number of hydrogen-bond acceptors (Lipinski definition) is 3. The van der Waals surface area contributed by atoms with Crippen LogP contribution in [0, 0.1) is 0 Å². The maximum absolute atomic E-state index is 3.54. The number of likely N-dealkylation sites (N-methyl/N-ethyl adjacent to an activating group) is 1. The van der Waals surface area contributed by atoms with Crippen LogP contribution in [0.25, 0.3) is 0 Å². The van der Waals surface area contributed by atoms with Crippen LogP contribution in [0.1, 0.15) is 0 Å². The minimum atomic E-state index is -0.575. The summed E-state index contributed by atoms with van der Waals surface area (Å²) >= 11 is 0. The summed E-state index contributed by atoms with van der Waals surface area (Å²) in [4.78, 5) is 2.20. The Bertz CT molecular complexity index is 105. The Morgan fingerprint density at radius 3 is 2.27 bits per heavy atom. The van der Waals surface area contributed by atoms with E-state index in [1.54, 1.807) is 0 Å². The van der Waals surface area contributed by atoms with E-state index in [1.807, 2.05) is 10.8 Å². The van der Waals surface area contributed by atoms with Gasteiger partial charge >= 0.3 is 0 Å². The van der Waals surface area contributed by atoms with E-state index in [0.717, 1.165) is 13.1 Å². The molecule has 0 aliphatic heterocycles. The molecule has 0 aliphatic rings. The summed E-state index contributed by atoms with van der Waals surface area (Å²) in [7, 11) is 5.56. The second kappa shape index (κ2) is 5.30. The van der Waals surface area contributed by atoms with Gasteiger partial charge in [-0.05, 0) is 32.9 Å². The van der Waals surface area contributed by atoms with Crippen molar-refractivity contribution >= 4 is 20.0 Å². The highest BCUT2D eigenvalue weighted by Crippen LogP contribution is 2.46. The summed E-state index contributed by atoms with van der Waals surface area (Å²) in [6.45, 7) is 2.22. The van der Waals surface area contributed by atoms with Gasteiger partial charge in [0, 0.05) is 13.1 Å². The molecule has 0 unspecified atom stereocenters. The molecule has 2 nitrogen and oxygen atoms in total. The molecule has 0 aromatic heterocycles. The van der Waals surface area contributed by atoms with Crippen molar-refractivity contribution in [2.75, 3.05) is 46.0 Å². The van der Waals surface area contributed by atoms with Gasteiger partial charge < -0.3 is 4.90 Å². The minimum absolute atomic E-state index is 0.575. The molecule has 70 valence electrons. The summed E-state index contributed by atoms with van der Waals surface area (Å²) in [6.07, 6.45) is 6.73. The smallest absolute Gasteiger partial charge is 0.0179 e. The maximum atomic E-state index is 3.54. The van der Waals surface area contributed by atoms with Gasteiger partial charge in [-0.3, -0.25) is 4.72 Å². The monoisotopic (exact) mass is 196 g/mol. The van der Waals surface area contributed by atoms with Gasteiger partial charge in [-0.15, -0.1) is 20.0 Å². The van der Waals surface area contributed by atoms with E-state index in [1.165, 1.54) is 0 Å². The Labute approximate surface area is 76.0 Å². The Balaban J connectivity index is 3.38. The number of nitrogens with zero attached hydrogens (tertiary/aromatic N) is 1. The normalized spacial score (nSPS) is 14.0. The zero-order chi connectivity index (χ0) is 8.91. The lowest BCUT2D eigenvalue weighted by atomic mass is 10.6. The number of rotatable bonds is 5. The third-order valence-corrected chi connectivity index (χ3v) is 6.01. The standard InChI is InChI=1S/C7H20N2S2/c1-9(2)7-6-8-11(4,5)10-3/h8H,6-7H2,1-5H3. The van der Waals surface area contributed by atoms with Crippen molar-refractivity contribution in [2.45, 2.75) is 0 Å². The van der Waals surface area contributed by atoms with E-state index in [-0.39, 0.29) is 0 Å². The third kappa shape index (κ3) is 7.00. The van der Waals surface area contributed by atoms with Gasteiger partial charge in [0.05, 0.1) is 0 Å². The molecule has 0 rings (SSSR count). The summed E-state index contributed by atoms with van der Waals surface area (Å²) < 4.78 is 3.54. The maximum Gasteiger partial charge on any atom is 0.0179 e. The molecule has 4 heteroatoms. The molecule has 0 saturated heterocycles. The van der Waals surface area contributed by atoms with Gasteiger partial charge in [0.1, 0.15) is 0 Å². The van der Waals surface area contributed by atoms with Gasteiger partial charge in [-0.2, -0.15) is 0 Å². The molecule has 0 aliphatic carbocycles. The largest absolute Gasteiger partial charge is 0.308 e. The zero-order valence-corrected chi connectivity index (χ0v) is 9.81. The molecule has 0 bridgehead atoms. The minimum Gasteiger partial charge on any atom is -0.308 e. The molecule has 11 heavy (non-hydrogen) atoms. The van der Waals surface area contributed by atoms with Crippen molar-refractivity contribution in [1.29, 1.82) is 0 Å². The molecule has 1 N–H and O–H groups in total. The fourth-order valence-electron chi connectivity index (χ4n) is 0.574. The van der Waals surface area contributed by atoms with Gasteiger partial charge in [0.25, 0.3) is 0 Å². The Morgan fingerprint density at radius 2 is 1.91 bits per heavy atom. The summed E-state index contributed by atoms with van der Waals surface area (Å²) in [5.41, 5.74) is 0. The van der Waals surface area contributed by atoms with Crippen LogP contribution >= 0.6 is 20.0 Å². The Hall–Kier alpha value is 0.620. The SMILES string of the molecule is CSS(C)(C)NCCN(C)C. The summed E-state index contributed by atoms with van der Waals surface area (Å²) in [5.74, 6) is 0. The predicted octanol–water partition coefficient (Wildman–Crippen LogP) is 1.39. The average molecular weight is 196 g/mol. The molecule has 0 fully saturated rings. The second-order valence-electron chi connectivity index (χ2n) is 3.10. The lowest BCUT2D eigenvalue weighted by Crippen LogP contribution is -2.27. The molecule has 0 amide bonds. The molecule has 0 heterocycles. The van der Waals surface area contributed by atoms with Crippen LogP contribution in [0.5, 0.6) is 0 Å². The van der Waals surface area contributed by atoms with E-state index in [0.29, 0.717) is 0 Å². The van der Waals surface area contributed by atoms with Crippen LogP contribution < -0.4 is 4.72 Å². The highest BCUT2D eigenvalue weighted by Gasteiger charge is 2.06. The average Bonchev–Trinajstić information content (AvgIpc) is 1.87. The first-order chi connectivity index (χ1) is 4.98. The van der Waals surface area contributed by atoms with E-state index in [9.17, 15) is 0 Å². The quantitative estimate of drug-likeness (QED) is 0.669. The fourth-order valence-corrected chi connectivity index (χ4v) is 1.88. The van der Waals surface area contributed by atoms with Crippen molar-refractivity contribution < 1.29 is 0 Å². The summed E-state index contributed by atoms with van der Waals surface area (Å²) in [5, 5.41) is 0. The topological polar surface area (TPSA) is 15.3 Å². The highest BCUT2D eigenvalue weighted by molar-refractivity contribution is 8.92. The fraction of sp³-hybridized carbons (Fsp3) is 1.00. The summed E-state index contributed by atoms with van der Waals surface area (Å²) in [6, 6.07) is 0. The van der Waals surface area contributed by atoms with E-state index < -0.39 is 9.25 Å². The first-order valence-electron chi connectivity index (χ1n) is 3.66. The lowest BCUT2D eigenvalue weighted by molar-refractivity contribution is 0.415. The third-order valence-electron chi connectivity index (χ3n) is 1.43. The van der Waals surface area contributed by atoms with Crippen LogP contribution in [0.3, 0.4) is 0 Å². The predicted molar refractivity (Wildman–Crippen MR) is 59.5 cm³/mol. The number of nitrogens with one attached hydrogen (secondary N) is 1. The van der Waals surface area contributed by atoms with Crippen molar-refractivity contribution in [2.24, 2.45) is 0 Å². The van der Waals surface area contributed by atoms with Crippen molar-refractivity contribution in [3.8, 4) is 0 Å². The van der Waals surface area contributed by atoms with Gasteiger partial charge in [-0.1, -0.05) is 0 Å². The molecule has 0 radical (unpaired) electrons. The van der Waals surface area contributed by atoms with E-state index in [2.05, 4.69) is 42.5 Å². The van der Waals surface area contributed by atoms with E-state index >= 15 is 0 Å². The van der Waals surface area contributed by atoms with Crippen LogP contribution in [0.2, 0.25) is 0 Å². The molecular formula is C7H20N2S2. The van der Waals surface area contributed by atoms with Crippen LogP contribution in [0.4, 0.5) is 0 Å². The molecule has 0 aromatic carbocycles. The molecule has 0 atom stereocenters. The Morgan fingerprint density at radius 1 is 1.36 bits per heavy atom. The van der Waals surface area contributed by atoms with Crippen molar-refractivity contribution in [3.63, 3.8) is 0 Å². The van der Waals surface area contributed by atoms with E-state index in [4.69, 9.17) is 0 Å². The van der Waals surface area contributed by atoms with Gasteiger partial charge in [-0.25, -0.2) is 0 Å². The lowest BCUT2D eigenvalue weighted by Gasteiger charge is -2.30. The number of hydrogen-bond donors (Lipinski definition) is 1. The zero-order valence-electron chi connectivity index (χ0n) is 8.18. The first-order valence-corrected chi connectivity index (χ1v) is 7.85. The molecular weight excluding hydrogens is 176 g/mol. The van der Waals surface area contributed by atoms with Gasteiger partial charge in [0.15, 0.2) is 0 Å². The molecule has 0 saturated carbocycles.